The first-order valence-electron chi connectivity index (χ1n) is 6.34. The average Bonchev–Trinajstić information content (AvgIpc) is 2.87. The Morgan fingerprint density at radius 1 is 1.15 bits per heavy atom. The molecule has 1 unspecified atom stereocenters. The van der Waals surface area contributed by atoms with Crippen LogP contribution in [-0.2, 0) is 5.75 Å². The monoisotopic (exact) mass is 302 g/mol. The summed E-state index contributed by atoms with van der Waals surface area (Å²) in [5, 5.41) is 13.9. The van der Waals surface area contributed by atoms with Gasteiger partial charge in [-0.05, 0) is 28.5 Å². The quantitative estimate of drug-likeness (QED) is 0.648. The van der Waals surface area contributed by atoms with Crippen molar-refractivity contribution >= 4 is 33.2 Å². The molecule has 1 atom stereocenters. The van der Waals surface area contributed by atoms with Crippen LogP contribution in [0.25, 0.3) is 10.1 Å². The molecule has 0 aliphatic carbocycles. The second-order valence-electron chi connectivity index (χ2n) is 4.83. The molecular weight excluding hydrogens is 291 g/mol. The van der Waals surface area contributed by atoms with Gasteiger partial charge in [-0.2, -0.15) is 0 Å². The molecule has 0 radical (unpaired) electrons. The van der Waals surface area contributed by atoms with Crippen LogP contribution in [0.3, 0.4) is 0 Å². The van der Waals surface area contributed by atoms with Crippen molar-refractivity contribution in [2.45, 2.75) is 16.8 Å². The topological polar surface area (TPSA) is 20.2 Å². The summed E-state index contributed by atoms with van der Waals surface area (Å²) in [4.78, 5) is 1.08. The van der Waals surface area contributed by atoms with E-state index in [1.807, 2.05) is 18.2 Å². The summed E-state index contributed by atoms with van der Waals surface area (Å²) < 4.78 is 15.3. The molecule has 4 rings (SSSR count). The van der Waals surface area contributed by atoms with Crippen LogP contribution in [-0.4, -0.2) is 5.11 Å². The van der Waals surface area contributed by atoms with Crippen LogP contribution in [0.4, 0.5) is 4.39 Å². The van der Waals surface area contributed by atoms with Gasteiger partial charge in [0.15, 0.2) is 0 Å². The lowest BCUT2D eigenvalue weighted by atomic mass is 9.96. The van der Waals surface area contributed by atoms with Crippen molar-refractivity contribution in [2.24, 2.45) is 0 Å². The molecule has 0 bridgehead atoms. The van der Waals surface area contributed by atoms with E-state index < -0.39 is 6.10 Å². The lowest BCUT2D eigenvalue weighted by Gasteiger charge is -2.15. The van der Waals surface area contributed by atoms with Crippen molar-refractivity contribution in [3.63, 3.8) is 0 Å². The van der Waals surface area contributed by atoms with E-state index in [0.29, 0.717) is 11.3 Å². The molecule has 1 aromatic heterocycles. The maximum Gasteiger partial charge on any atom is 0.129 e. The van der Waals surface area contributed by atoms with Crippen molar-refractivity contribution < 1.29 is 9.50 Å². The minimum absolute atomic E-state index is 0.324. The highest BCUT2D eigenvalue weighted by atomic mass is 32.2. The number of hydrogen-bond donors (Lipinski definition) is 1. The van der Waals surface area contributed by atoms with Crippen molar-refractivity contribution in [1.29, 1.82) is 0 Å². The van der Waals surface area contributed by atoms with Crippen molar-refractivity contribution in [3.05, 3.63) is 64.3 Å². The Hall–Kier alpha value is -1.36. The van der Waals surface area contributed by atoms with Crippen LogP contribution in [0, 0.1) is 5.82 Å². The highest BCUT2D eigenvalue weighted by Gasteiger charge is 2.26. The molecule has 1 aliphatic heterocycles. The number of fused-ring (bicyclic) bond motifs is 4. The third kappa shape index (κ3) is 1.72. The number of halogens is 1. The Bertz CT molecular complexity index is 809. The normalized spacial score (nSPS) is 17.6. The first-order chi connectivity index (χ1) is 9.75. The third-order valence-corrected chi connectivity index (χ3v) is 5.95. The van der Waals surface area contributed by atoms with Crippen molar-refractivity contribution in [2.75, 3.05) is 0 Å². The van der Waals surface area contributed by atoms with Crippen LogP contribution in [0.15, 0.2) is 46.7 Å². The molecule has 0 saturated heterocycles. The molecule has 1 nitrogen and oxygen atoms in total. The second kappa shape index (κ2) is 4.58. The van der Waals surface area contributed by atoms with Gasteiger partial charge in [0.1, 0.15) is 11.9 Å². The lowest BCUT2D eigenvalue weighted by molar-refractivity contribution is 0.212. The zero-order valence-electron chi connectivity index (χ0n) is 10.5. The second-order valence-corrected chi connectivity index (χ2v) is 6.73. The predicted octanol–water partition coefficient (Wildman–Crippen LogP) is 4.73. The molecular formula is C16H11FOS2. The molecule has 2 heterocycles. The SMILES string of the molecule is OC1c2ccc3ccsc3c2SCc2cccc(F)c21. The Morgan fingerprint density at radius 2 is 2.05 bits per heavy atom. The standard InChI is InChI=1S/C16H11FOS2/c17-12-3-1-2-10-8-20-16-11(14(18)13(10)12)5-4-9-6-7-19-15(9)16/h1-7,14,18H,8H2. The van der Waals surface area contributed by atoms with Crippen LogP contribution >= 0.6 is 23.1 Å². The minimum atomic E-state index is -0.886. The zero-order chi connectivity index (χ0) is 13.7. The van der Waals surface area contributed by atoms with Gasteiger partial charge in [-0.1, -0.05) is 24.3 Å². The summed E-state index contributed by atoms with van der Waals surface area (Å²) in [6.07, 6.45) is -0.886. The van der Waals surface area contributed by atoms with E-state index in [1.165, 1.54) is 16.2 Å². The molecule has 0 fully saturated rings. The van der Waals surface area contributed by atoms with Gasteiger partial charge in [-0.25, -0.2) is 4.39 Å². The van der Waals surface area contributed by atoms with E-state index >= 15 is 0 Å². The number of thiophene rings is 1. The van der Waals surface area contributed by atoms with Gasteiger partial charge < -0.3 is 5.11 Å². The molecule has 1 aliphatic rings. The zero-order valence-corrected chi connectivity index (χ0v) is 12.1. The molecule has 20 heavy (non-hydrogen) atoms. The number of aliphatic hydroxyl groups is 1. The molecule has 0 spiro atoms. The molecule has 100 valence electrons. The first kappa shape index (κ1) is 12.4. The fourth-order valence-electron chi connectivity index (χ4n) is 2.70. The molecule has 4 heteroatoms. The largest absolute Gasteiger partial charge is 0.383 e. The van der Waals surface area contributed by atoms with Crippen LogP contribution in [0.2, 0.25) is 0 Å². The highest BCUT2D eigenvalue weighted by Crippen LogP contribution is 2.44. The number of rotatable bonds is 0. The molecule has 0 saturated carbocycles. The van der Waals surface area contributed by atoms with E-state index in [-0.39, 0.29) is 5.82 Å². The molecule has 2 aromatic carbocycles. The average molecular weight is 302 g/mol. The fraction of sp³-hybridized carbons (Fsp3) is 0.125. The fourth-order valence-corrected chi connectivity index (χ4v) is 5.02. The summed E-state index contributed by atoms with van der Waals surface area (Å²) in [5.41, 5.74) is 2.12. The Kier molecular flexibility index (Phi) is 2.84. The number of hydrogen-bond acceptors (Lipinski definition) is 3. The molecule has 1 N–H and O–H groups in total. The number of aliphatic hydroxyl groups excluding tert-OH is 1. The maximum atomic E-state index is 14.1. The number of benzene rings is 2. The van der Waals surface area contributed by atoms with Crippen LogP contribution in [0.5, 0.6) is 0 Å². The Labute approximate surface area is 124 Å². The van der Waals surface area contributed by atoms with Gasteiger partial charge in [0.25, 0.3) is 0 Å². The smallest absolute Gasteiger partial charge is 0.129 e. The number of thioether (sulfide) groups is 1. The lowest BCUT2D eigenvalue weighted by Crippen LogP contribution is -2.05. The van der Waals surface area contributed by atoms with E-state index in [0.717, 1.165) is 16.0 Å². The van der Waals surface area contributed by atoms with E-state index in [4.69, 9.17) is 0 Å². The van der Waals surface area contributed by atoms with Gasteiger partial charge in [0.2, 0.25) is 0 Å². The van der Waals surface area contributed by atoms with Gasteiger partial charge >= 0.3 is 0 Å². The predicted molar refractivity (Wildman–Crippen MR) is 81.8 cm³/mol. The van der Waals surface area contributed by atoms with Gasteiger partial charge in [0, 0.05) is 26.5 Å². The van der Waals surface area contributed by atoms with Crippen molar-refractivity contribution in [3.8, 4) is 0 Å². The summed E-state index contributed by atoms with van der Waals surface area (Å²) in [5.74, 6) is 0.364. The molecule has 3 aromatic rings. The van der Waals surface area contributed by atoms with Crippen molar-refractivity contribution in [1.82, 2.24) is 0 Å². The van der Waals surface area contributed by atoms with Crippen LogP contribution in [0.1, 0.15) is 22.8 Å². The van der Waals surface area contributed by atoms with Gasteiger partial charge in [0.05, 0.1) is 0 Å². The summed E-state index contributed by atoms with van der Waals surface area (Å²) in [6, 6.07) is 11.0. The summed E-state index contributed by atoms with van der Waals surface area (Å²) in [7, 11) is 0. The van der Waals surface area contributed by atoms with Crippen LogP contribution < -0.4 is 0 Å². The highest BCUT2D eigenvalue weighted by molar-refractivity contribution is 7.99. The first-order valence-corrected chi connectivity index (χ1v) is 8.20. The van der Waals surface area contributed by atoms with Gasteiger partial charge in [-0.15, -0.1) is 23.1 Å². The Morgan fingerprint density at radius 3 is 2.95 bits per heavy atom. The van der Waals surface area contributed by atoms with E-state index in [1.54, 1.807) is 29.2 Å². The van der Waals surface area contributed by atoms with E-state index in [2.05, 4.69) is 11.4 Å². The van der Waals surface area contributed by atoms with Gasteiger partial charge in [-0.3, -0.25) is 0 Å². The molecule has 0 amide bonds. The van der Waals surface area contributed by atoms with E-state index in [9.17, 15) is 9.50 Å². The third-order valence-electron chi connectivity index (χ3n) is 3.69. The Balaban J connectivity index is 2.00. The maximum absolute atomic E-state index is 14.1. The minimum Gasteiger partial charge on any atom is -0.383 e. The summed E-state index contributed by atoms with van der Waals surface area (Å²) >= 11 is 3.35. The summed E-state index contributed by atoms with van der Waals surface area (Å²) in [6.45, 7) is 0.